The number of aromatic nitrogens is 2. The summed E-state index contributed by atoms with van der Waals surface area (Å²) in [4.78, 5) is 67.8. The van der Waals surface area contributed by atoms with E-state index in [1.165, 1.54) is 6.33 Å². The number of benzene rings is 3. The van der Waals surface area contributed by atoms with Gasteiger partial charge in [0.1, 0.15) is 41.1 Å². The lowest BCUT2D eigenvalue weighted by molar-refractivity contribution is -0.136. The molecular weight excluding hydrogens is 737 g/mol. The van der Waals surface area contributed by atoms with Crippen LogP contribution in [-0.4, -0.2) is 117 Å². The van der Waals surface area contributed by atoms with Gasteiger partial charge in [0.05, 0.1) is 11.1 Å². The lowest BCUT2D eigenvalue weighted by Gasteiger charge is -2.50. The van der Waals surface area contributed by atoms with Gasteiger partial charge >= 0.3 is 0 Å². The Balaban J connectivity index is 0.741. The van der Waals surface area contributed by atoms with E-state index in [0.29, 0.717) is 51.9 Å². The van der Waals surface area contributed by atoms with E-state index in [0.717, 1.165) is 86.9 Å². The maximum Gasteiger partial charge on any atom is 0.262 e. The first kappa shape index (κ1) is 37.4. The van der Waals surface area contributed by atoms with E-state index in [4.69, 9.17) is 15.9 Å². The molecule has 1 atom stereocenters. The Labute approximate surface area is 336 Å². The molecule has 4 saturated heterocycles. The molecule has 5 aliphatic rings. The maximum absolute atomic E-state index is 13.3. The van der Waals surface area contributed by atoms with Crippen LogP contribution in [0.2, 0.25) is 0 Å². The van der Waals surface area contributed by atoms with Gasteiger partial charge in [-0.1, -0.05) is 18.2 Å². The molecule has 0 aliphatic carbocycles. The van der Waals surface area contributed by atoms with Crippen molar-refractivity contribution in [2.75, 3.05) is 55.2 Å². The molecule has 4 amide bonds. The molecule has 5 aliphatic heterocycles. The number of anilines is 3. The molecule has 6 N–H and O–H groups in total. The molecule has 6 heterocycles. The average molecular weight is 784 g/mol. The quantitative estimate of drug-likeness (QED) is 0.136. The molecular formula is C43H47N10O5+. The smallest absolute Gasteiger partial charge is 0.262 e. The minimum atomic E-state index is -0.966. The van der Waals surface area contributed by atoms with Gasteiger partial charge in [-0.05, 0) is 86.7 Å². The predicted molar refractivity (Wildman–Crippen MR) is 216 cm³/mol. The maximum atomic E-state index is 13.3. The van der Waals surface area contributed by atoms with Crippen LogP contribution in [0.25, 0.3) is 0 Å². The second-order valence-corrected chi connectivity index (χ2v) is 15.8. The molecule has 4 fully saturated rings. The van der Waals surface area contributed by atoms with Gasteiger partial charge in [-0.3, -0.25) is 39.7 Å². The monoisotopic (exact) mass is 783 g/mol. The molecule has 58 heavy (non-hydrogen) atoms. The number of imide groups is 2. The zero-order chi connectivity index (χ0) is 39.9. The molecule has 4 aromatic rings. The summed E-state index contributed by atoms with van der Waals surface area (Å²) in [6.45, 7) is 5.78. The molecule has 15 heteroatoms. The Hall–Kier alpha value is -6.19. The van der Waals surface area contributed by atoms with Crippen LogP contribution in [0.4, 0.5) is 17.3 Å². The normalized spacial score (nSPS) is 21.1. The first-order chi connectivity index (χ1) is 28.2. The number of carbonyl (C=O) groups is 4. The minimum absolute atomic E-state index is 0.0968. The van der Waals surface area contributed by atoms with Gasteiger partial charge in [-0.15, -0.1) is 0 Å². The van der Waals surface area contributed by atoms with Gasteiger partial charge in [0.15, 0.2) is 0 Å². The van der Waals surface area contributed by atoms with Crippen LogP contribution in [-0.2, 0) is 9.59 Å². The molecule has 0 radical (unpaired) electrons. The highest BCUT2D eigenvalue weighted by Crippen LogP contribution is 2.34. The van der Waals surface area contributed by atoms with Crippen molar-refractivity contribution in [3.05, 3.63) is 101 Å². The number of nitrogens with zero attached hydrogens (tertiary/aromatic N) is 6. The molecule has 0 saturated carbocycles. The van der Waals surface area contributed by atoms with E-state index in [9.17, 15) is 19.2 Å². The Bertz CT molecular complexity index is 2250. The van der Waals surface area contributed by atoms with Crippen LogP contribution >= 0.6 is 0 Å². The zero-order valence-electron chi connectivity index (χ0n) is 32.2. The standard InChI is InChI=1S/C43H46N10O5/c44-38(26-6-9-32(10-7-26)58-31-4-2-1-3-5-31)37-39(45)46-25-47-40(37)48-27-14-18-50(19-15-27)28-16-20-51(21-17-28)30-23-52(24-30)29-8-11-33-34(22-29)43(57)53(42(33)56)35-12-13-36(54)49-41(35)55/h1-11,22,25,27-28,30,35,44H,12-21,23-24H2,(H,49,54,55)(H3,45,46,47,48)/p+1. The summed E-state index contributed by atoms with van der Waals surface area (Å²) in [6.07, 6.45) is 5.91. The molecule has 9 rings (SSSR count). The summed E-state index contributed by atoms with van der Waals surface area (Å²) in [7, 11) is 0. The summed E-state index contributed by atoms with van der Waals surface area (Å²) in [5.74, 6) is 0.493. The van der Waals surface area contributed by atoms with E-state index in [1.54, 1.807) is 12.1 Å². The van der Waals surface area contributed by atoms with Gasteiger partial charge in [0.2, 0.25) is 17.5 Å². The van der Waals surface area contributed by atoms with Crippen LogP contribution in [0.1, 0.15) is 70.4 Å². The number of fused-ring (bicyclic) bond motifs is 1. The van der Waals surface area contributed by atoms with Crippen molar-refractivity contribution >= 4 is 46.7 Å². The summed E-state index contributed by atoms with van der Waals surface area (Å²) < 4.78 is 5.95. The Morgan fingerprint density at radius 2 is 1.45 bits per heavy atom. The summed E-state index contributed by atoms with van der Waals surface area (Å²) >= 11 is 0. The number of nitrogens with two attached hydrogens (primary N) is 2. The van der Waals surface area contributed by atoms with Crippen molar-refractivity contribution in [3.63, 3.8) is 0 Å². The number of piperidine rings is 3. The van der Waals surface area contributed by atoms with E-state index in [1.807, 2.05) is 60.7 Å². The van der Waals surface area contributed by atoms with E-state index in [2.05, 4.69) is 35.3 Å². The van der Waals surface area contributed by atoms with Crippen molar-refractivity contribution < 1.29 is 29.3 Å². The van der Waals surface area contributed by atoms with E-state index < -0.39 is 23.8 Å². The SMILES string of the molecule is Nc1ncnc(NC2CCN(C3CCN(C4CN(c5ccc6c(c5)C(=O)N(C5CCC(=O)NC5=O)C6=O)C4)CC3)CC2)c1C(=[NH2+])c1ccc(Oc2ccccc2)cc1. The summed E-state index contributed by atoms with van der Waals surface area (Å²) in [6, 6.07) is 22.8. The number of carbonyl (C=O) groups excluding carboxylic acids is 4. The number of rotatable bonds is 10. The molecule has 0 bridgehead atoms. The zero-order valence-corrected chi connectivity index (χ0v) is 32.2. The van der Waals surface area contributed by atoms with Crippen LogP contribution < -0.4 is 31.4 Å². The predicted octanol–water partition coefficient (Wildman–Crippen LogP) is 2.08. The number of amides is 4. The Kier molecular flexibility index (Phi) is 10.1. The molecule has 0 spiro atoms. The fourth-order valence-electron chi connectivity index (χ4n) is 9.02. The lowest BCUT2D eigenvalue weighted by Crippen LogP contribution is -2.62. The van der Waals surface area contributed by atoms with E-state index >= 15 is 0 Å². The third kappa shape index (κ3) is 7.26. The largest absolute Gasteiger partial charge is 0.457 e. The van der Waals surface area contributed by atoms with Gasteiger partial charge < -0.3 is 25.6 Å². The molecule has 1 unspecified atom stereocenters. The van der Waals surface area contributed by atoms with Crippen LogP contribution in [0.5, 0.6) is 11.5 Å². The number of nitrogen functional groups attached to an aromatic ring is 1. The number of likely N-dealkylation sites (tertiary alicyclic amines) is 2. The van der Waals surface area contributed by atoms with Gasteiger partial charge in [-0.25, -0.2) is 9.97 Å². The van der Waals surface area contributed by atoms with Crippen LogP contribution in [0.3, 0.4) is 0 Å². The number of hydrogen-bond acceptors (Lipinski definition) is 12. The topological polar surface area (TPSA) is 192 Å². The third-order valence-electron chi connectivity index (χ3n) is 12.3. The second kappa shape index (κ2) is 15.6. The van der Waals surface area contributed by atoms with Crippen molar-refractivity contribution in [2.45, 2.75) is 62.7 Å². The number of hydrogen-bond donors (Lipinski definition) is 4. The first-order valence-corrected chi connectivity index (χ1v) is 20.1. The number of nitrogens with one attached hydrogen (secondary N) is 2. The minimum Gasteiger partial charge on any atom is -0.457 e. The molecule has 3 aromatic carbocycles. The highest BCUT2D eigenvalue weighted by Gasteiger charge is 2.45. The van der Waals surface area contributed by atoms with Crippen molar-refractivity contribution in [2.24, 2.45) is 0 Å². The van der Waals surface area contributed by atoms with Crippen molar-refractivity contribution in [1.82, 2.24) is 30.0 Å². The van der Waals surface area contributed by atoms with Gasteiger partial charge in [-0.2, -0.15) is 0 Å². The Morgan fingerprint density at radius 3 is 2.17 bits per heavy atom. The lowest BCUT2D eigenvalue weighted by atomic mass is 9.95. The average Bonchev–Trinajstić information content (AvgIpc) is 3.46. The third-order valence-corrected chi connectivity index (χ3v) is 12.3. The van der Waals surface area contributed by atoms with Gasteiger partial charge in [0.25, 0.3) is 11.8 Å². The summed E-state index contributed by atoms with van der Waals surface area (Å²) in [5.41, 5.74) is 9.82. The fraction of sp³-hybridized carbons (Fsp3) is 0.372. The van der Waals surface area contributed by atoms with Crippen LogP contribution in [0, 0.1) is 0 Å². The van der Waals surface area contributed by atoms with Crippen molar-refractivity contribution in [3.8, 4) is 11.5 Å². The highest BCUT2D eigenvalue weighted by molar-refractivity contribution is 6.23. The van der Waals surface area contributed by atoms with Crippen LogP contribution in [0.15, 0.2) is 79.1 Å². The molecule has 298 valence electrons. The number of para-hydroxylation sites is 1. The molecule has 15 nitrogen and oxygen atoms in total. The van der Waals surface area contributed by atoms with E-state index in [-0.39, 0.29) is 24.8 Å². The summed E-state index contributed by atoms with van der Waals surface area (Å²) in [5, 5.41) is 12.6. The Morgan fingerprint density at radius 1 is 0.776 bits per heavy atom. The van der Waals surface area contributed by atoms with Gasteiger partial charge in [0, 0.05) is 75.1 Å². The first-order valence-electron chi connectivity index (χ1n) is 20.1. The second-order valence-electron chi connectivity index (χ2n) is 15.8. The number of ether oxygens (including phenoxy) is 1. The molecule has 1 aromatic heterocycles. The fourth-order valence-corrected chi connectivity index (χ4v) is 9.02. The highest BCUT2D eigenvalue weighted by atomic mass is 16.5. The van der Waals surface area contributed by atoms with Crippen molar-refractivity contribution in [1.29, 1.82) is 0 Å².